The first-order chi connectivity index (χ1) is 15.7. The SMILES string of the molecule is C[C@H](CCO)[C@@H](O)CC#CCCC[C@H](C)O[Si](c1ccccc1)(c1ccccc1)C(C)(C)C. The fourth-order valence-corrected chi connectivity index (χ4v) is 9.13. The van der Waals surface area contributed by atoms with E-state index in [1.807, 2.05) is 6.92 Å². The number of hydrogen-bond acceptors (Lipinski definition) is 3. The van der Waals surface area contributed by atoms with Gasteiger partial charge in [-0.05, 0) is 47.5 Å². The molecule has 2 aromatic rings. The number of hydrogen-bond donors (Lipinski definition) is 2. The van der Waals surface area contributed by atoms with Crippen LogP contribution in [-0.2, 0) is 4.43 Å². The van der Waals surface area contributed by atoms with Gasteiger partial charge in [-0.25, -0.2) is 0 Å². The Morgan fingerprint density at radius 2 is 1.42 bits per heavy atom. The molecular formula is C29H42O3Si. The summed E-state index contributed by atoms with van der Waals surface area (Å²) in [5.74, 6) is 6.39. The Balaban J connectivity index is 2.08. The summed E-state index contributed by atoms with van der Waals surface area (Å²) in [7, 11) is -2.51. The van der Waals surface area contributed by atoms with E-state index in [2.05, 4.69) is 100 Å². The minimum atomic E-state index is -2.51. The highest BCUT2D eigenvalue weighted by atomic mass is 28.4. The summed E-state index contributed by atoms with van der Waals surface area (Å²) in [6.45, 7) is 11.2. The van der Waals surface area contributed by atoms with Crippen molar-refractivity contribution in [3.8, 4) is 11.8 Å². The number of aliphatic hydroxyl groups is 2. The van der Waals surface area contributed by atoms with Gasteiger partial charge in [0.2, 0.25) is 0 Å². The average Bonchev–Trinajstić information content (AvgIpc) is 2.80. The van der Waals surface area contributed by atoms with Crippen LogP contribution in [0.3, 0.4) is 0 Å². The maximum absolute atomic E-state index is 10.1. The van der Waals surface area contributed by atoms with Gasteiger partial charge in [0.05, 0.1) is 6.10 Å². The lowest BCUT2D eigenvalue weighted by molar-refractivity contribution is 0.103. The van der Waals surface area contributed by atoms with E-state index >= 15 is 0 Å². The molecule has 0 aliphatic carbocycles. The first-order valence-corrected chi connectivity index (χ1v) is 14.2. The Labute approximate surface area is 202 Å². The van der Waals surface area contributed by atoms with Crippen molar-refractivity contribution in [3.63, 3.8) is 0 Å². The Hall–Kier alpha value is -1.90. The number of benzene rings is 2. The lowest BCUT2D eigenvalue weighted by atomic mass is 9.99. The van der Waals surface area contributed by atoms with Crippen molar-refractivity contribution in [3.05, 3.63) is 60.7 Å². The van der Waals surface area contributed by atoms with Crippen LogP contribution in [-0.4, -0.2) is 37.3 Å². The van der Waals surface area contributed by atoms with Crippen LogP contribution in [0.5, 0.6) is 0 Å². The molecule has 3 atom stereocenters. The highest BCUT2D eigenvalue weighted by Gasteiger charge is 2.50. The summed E-state index contributed by atoms with van der Waals surface area (Å²) in [5, 5.41) is 21.7. The van der Waals surface area contributed by atoms with Crippen molar-refractivity contribution in [1.82, 2.24) is 0 Å². The van der Waals surface area contributed by atoms with E-state index in [9.17, 15) is 5.11 Å². The third kappa shape index (κ3) is 7.55. The van der Waals surface area contributed by atoms with Crippen molar-refractivity contribution in [2.24, 2.45) is 5.92 Å². The topological polar surface area (TPSA) is 49.7 Å². The van der Waals surface area contributed by atoms with E-state index < -0.39 is 14.4 Å². The fraction of sp³-hybridized carbons (Fsp3) is 0.517. The molecule has 0 saturated carbocycles. The second-order valence-electron chi connectivity index (χ2n) is 10.1. The maximum Gasteiger partial charge on any atom is 0.261 e. The minimum Gasteiger partial charge on any atom is -0.405 e. The van der Waals surface area contributed by atoms with Crippen LogP contribution in [0, 0.1) is 17.8 Å². The standard InChI is InChI=1S/C29H42O3Si/c1-24(22-23-30)28(31)21-15-7-6-10-16-25(2)32-33(29(3,4)5,26-17-11-8-12-18-26)27-19-13-9-14-20-27/h8-9,11-14,17-20,24-25,28,30-31H,6,10,16,21-23H2,1-5H3/t24-,25+,28+/m1/s1. The van der Waals surface area contributed by atoms with Gasteiger partial charge < -0.3 is 14.6 Å². The average molecular weight is 467 g/mol. The smallest absolute Gasteiger partial charge is 0.261 e. The monoisotopic (exact) mass is 466 g/mol. The molecule has 0 radical (unpaired) electrons. The summed E-state index contributed by atoms with van der Waals surface area (Å²) >= 11 is 0. The summed E-state index contributed by atoms with van der Waals surface area (Å²) in [6.07, 6.45) is 3.44. The van der Waals surface area contributed by atoms with Crippen LogP contribution in [0.25, 0.3) is 0 Å². The van der Waals surface area contributed by atoms with Crippen molar-refractivity contribution >= 4 is 18.7 Å². The molecule has 0 fully saturated rings. The molecule has 3 nitrogen and oxygen atoms in total. The maximum atomic E-state index is 10.1. The van der Waals surface area contributed by atoms with Crippen molar-refractivity contribution < 1.29 is 14.6 Å². The van der Waals surface area contributed by atoms with Crippen LogP contribution < -0.4 is 10.4 Å². The molecule has 2 rings (SSSR count). The fourth-order valence-electron chi connectivity index (χ4n) is 4.39. The third-order valence-corrected chi connectivity index (χ3v) is 11.5. The predicted octanol–water partition coefficient (Wildman–Crippen LogP) is 4.89. The molecule has 33 heavy (non-hydrogen) atoms. The summed E-state index contributed by atoms with van der Waals surface area (Å²) in [4.78, 5) is 0. The van der Waals surface area contributed by atoms with Gasteiger partial charge in [0.1, 0.15) is 0 Å². The van der Waals surface area contributed by atoms with Crippen molar-refractivity contribution in [2.75, 3.05) is 6.61 Å². The van der Waals surface area contributed by atoms with Gasteiger partial charge >= 0.3 is 0 Å². The van der Waals surface area contributed by atoms with E-state index in [0.717, 1.165) is 19.3 Å². The Morgan fingerprint density at radius 1 is 0.879 bits per heavy atom. The van der Waals surface area contributed by atoms with Crippen LogP contribution >= 0.6 is 0 Å². The van der Waals surface area contributed by atoms with Gasteiger partial charge in [-0.15, -0.1) is 11.8 Å². The molecule has 0 heterocycles. The number of rotatable bonds is 11. The van der Waals surface area contributed by atoms with Gasteiger partial charge in [-0.1, -0.05) is 88.4 Å². The van der Waals surface area contributed by atoms with Crippen LogP contribution in [0.1, 0.15) is 66.7 Å². The zero-order chi connectivity index (χ0) is 24.3. The molecule has 4 heteroatoms. The molecule has 2 N–H and O–H groups in total. The molecule has 0 amide bonds. The molecular weight excluding hydrogens is 424 g/mol. The van der Waals surface area contributed by atoms with Crippen LogP contribution in [0.4, 0.5) is 0 Å². The van der Waals surface area contributed by atoms with Gasteiger partial charge in [0.25, 0.3) is 8.32 Å². The van der Waals surface area contributed by atoms with Gasteiger partial charge in [0.15, 0.2) is 0 Å². The second-order valence-corrected chi connectivity index (χ2v) is 14.4. The van der Waals surface area contributed by atoms with E-state index in [0.29, 0.717) is 12.8 Å². The quantitative estimate of drug-likeness (QED) is 0.281. The van der Waals surface area contributed by atoms with Gasteiger partial charge in [-0.3, -0.25) is 0 Å². The van der Waals surface area contributed by atoms with Gasteiger partial charge in [-0.2, -0.15) is 0 Å². The molecule has 0 aliphatic rings. The molecule has 0 spiro atoms. The highest BCUT2D eigenvalue weighted by Crippen LogP contribution is 2.37. The third-order valence-electron chi connectivity index (χ3n) is 6.38. The Kier molecular flexibility index (Phi) is 10.9. The Bertz CT molecular complexity index is 825. The first-order valence-electron chi connectivity index (χ1n) is 12.3. The lowest BCUT2D eigenvalue weighted by Crippen LogP contribution is -2.67. The zero-order valence-corrected chi connectivity index (χ0v) is 22.1. The first kappa shape index (κ1) is 27.3. The van der Waals surface area contributed by atoms with Crippen molar-refractivity contribution in [1.29, 1.82) is 0 Å². The van der Waals surface area contributed by atoms with Gasteiger partial charge in [0, 0.05) is 25.6 Å². The molecule has 0 aromatic heterocycles. The molecule has 0 bridgehead atoms. The molecule has 0 saturated heterocycles. The highest BCUT2D eigenvalue weighted by molar-refractivity contribution is 6.99. The van der Waals surface area contributed by atoms with E-state index in [4.69, 9.17) is 9.53 Å². The molecule has 180 valence electrons. The van der Waals surface area contributed by atoms with Crippen LogP contribution in [0.2, 0.25) is 5.04 Å². The lowest BCUT2D eigenvalue weighted by Gasteiger charge is -2.44. The van der Waals surface area contributed by atoms with E-state index in [1.54, 1.807) is 0 Å². The molecule has 0 unspecified atom stereocenters. The number of unbranched alkanes of at least 4 members (excludes halogenated alkanes) is 1. The largest absolute Gasteiger partial charge is 0.405 e. The van der Waals surface area contributed by atoms with E-state index in [-0.39, 0.29) is 23.7 Å². The minimum absolute atomic E-state index is 0.0226. The predicted molar refractivity (Wildman–Crippen MR) is 141 cm³/mol. The zero-order valence-electron chi connectivity index (χ0n) is 21.1. The number of aliphatic hydroxyl groups excluding tert-OH is 2. The van der Waals surface area contributed by atoms with Crippen LogP contribution in [0.15, 0.2) is 60.7 Å². The second kappa shape index (κ2) is 13.1. The molecule has 2 aromatic carbocycles. The van der Waals surface area contributed by atoms with Crippen molar-refractivity contribution in [2.45, 2.75) is 84.0 Å². The normalized spacial score (nSPS) is 14.8. The molecule has 0 aliphatic heterocycles. The summed E-state index contributed by atoms with van der Waals surface area (Å²) in [5.41, 5.74) is 0. The Morgan fingerprint density at radius 3 is 1.91 bits per heavy atom. The van der Waals surface area contributed by atoms with E-state index in [1.165, 1.54) is 10.4 Å². The summed E-state index contributed by atoms with van der Waals surface area (Å²) in [6, 6.07) is 21.5. The summed E-state index contributed by atoms with van der Waals surface area (Å²) < 4.78 is 7.10.